The van der Waals surface area contributed by atoms with E-state index in [4.69, 9.17) is 18.9 Å². The van der Waals surface area contributed by atoms with Crippen molar-refractivity contribution >= 4 is 29.7 Å². The Balaban J connectivity index is 2.38. The summed E-state index contributed by atoms with van der Waals surface area (Å²) in [5.74, 6) is -3.39. The second-order valence-corrected chi connectivity index (χ2v) is 11.4. The van der Waals surface area contributed by atoms with Gasteiger partial charge in [-0.05, 0) is 54.9 Å². The first kappa shape index (κ1) is 29.5. The summed E-state index contributed by atoms with van der Waals surface area (Å²) < 4.78 is 22.7. The number of aliphatic hydroxyl groups excluding tert-OH is 1. The van der Waals surface area contributed by atoms with Crippen LogP contribution in [0.25, 0.3) is 0 Å². The van der Waals surface area contributed by atoms with E-state index in [1.807, 2.05) is 13.8 Å². The lowest BCUT2D eigenvalue weighted by Crippen LogP contribution is -2.57. The van der Waals surface area contributed by atoms with Crippen LogP contribution in [0.15, 0.2) is 22.8 Å². The minimum Gasteiger partial charge on any atom is -0.461 e. The third-order valence-corrected chi connectivity index (χ3v) is 8.18. The van der Waals surface area contributed by atoms with E-state index in [2.05, 4.69) is 0 Å². The lowest BCUT2D eigenvalue weighted by atomic mass is 9.57. The molecule has 3 aliphatic rings. The van der Waals surface area contributed by atoms with Crippen LogP contribution >= 0.6 is 0 Å². The molecule has 210 valence electrons. The summed E-state index contributed by atoms with van der Waals surface area (Å²) in [6, 6.07) is 0. The maximum absolute atomic E-state index is 14.4. The summed E-state index contributed by atoms with van der Waals surface area (Å²) >= 11 is 0. The van der Waals surface area contributed by atoms with Crippen LogP contribution < -0.4 is 0 Å². The molecule has 0 aromatic heterocycles. The van der Waals surface area contributed by atoms with Crippen molar-refractivity contribution in [2.24, 2.45) is 16.7 Å². The van der Waals surface area contributed by atoms with Crippen molar-refractivity contribution in [3.05, 3.63) is 22.8 Å². The quantitative estimate of drug-likeness (QED) is 0.325. The summed E-state index contributed by atoms with van der Waals surface area (Å²) in [5, 5.41) is 11.0. The molecule has 0 radical (unpaired) electrons. The monoisotopic (exact) mass is 534 g/mol. The first-order valence-corrected chi connectivity index (χ1v) is 12.8. The first-order valence-electron chi connectivity index (χ1n) is 12.8. The lowest BCUT2D eigenvalue weighted by Gasteiger charge is -2.51. The van der Waals surface area contributed by atoms with E-state index in [-0.39, 0.29) is 19.3 Å². The van der Waals surface area contributed by atoms with Crippen molar-refractivity contribution in [3.8, 4) is 0 Å². The van der Waals surface area contributed by atoms with E-state index in [1.165, 1.54) is 27.7 Å². The Hall–Kier alpha value is -3.01. The van der Waals surface area contributed by atoms with Crippen LogP contribution in [0, 0.1) is 16.7 Å². The SMILES string of the molecule is CC(=O)O[C@H]1C(=O)[C@@]2(C)C/C(=C\[C@H](OC(C)=O)[C@@H]3C[C@H](OC(C)=O)C(C)=C1C3(C)C)[C@@H](O)C[C@@H]2OC(C)=O. The number of hydrogen-bond acceptors (Lipinski definition) is 10. The minimum atomic E-state index is -1.39. The fourth-order valence-electron chi connectivity index (χ4n) is 6.42. The predicted molar refractivity (Wildman–Crippen MR) is 133 cm³/mol. The highest BCUT2D eigenvalue weighted by Crippen LogP contribution is 2.53. The van der Waals surface area contributed by atoms with Crippen LogP contribution in [-0.2, 0) is 42.9 Å². The molecule has 0 amide bonds. The molecule has 10 heteroatoms. The summed E-state index contributed by atoms with van der Waals surface area (Å²) in [6.07, 6.45) is -3.22. The lowest BCUT2D eigenvalue weighted by molar-refractivity contribution is -0.171. The molecule has 0 saturated heterocycles. The molecule has 3 aliphatic carbocycles. The number of rotatable bonds is 4. The van der Waals surface area contributed by atoms with Crippen molar-refractivity contribution in [3.63, 3.8) is 0 Å². The van der Waals surface area contributed by atoms with Crippen LogP contribution in [0.5, 0.6) is 0 Å². The van der Waals surface area contributed by atoms with E-state index in [9.17, 15) is 29.1 Å². The van der Waals surface area contributed by atoms with Gasteiger partial charge in [0.05, 0.1) is 11.5 Å². The Morgan fingerprint density at radius 2 is 1.42 bits per heavy atom. The number of ether oxygens (including phenoxy) is 4. The minimum absolute atomic E-state index is 0.00662. The standard InChI is InChI=1S/C28H38O10/c1-13-21(35-14(2)29)10-19-22(36-15(3)30)9-18-12-28(8,23(11-20(18)33)37-16(4)31)26(34)25(38-17(5)32)24(13)27(19,6)7/h9,19-23,25,33H,10-12H2,1-8H3/b18-9+/t19-,20-,21-,22-,23-,25+,28-/m0/s1. The number of carbonyl (C=O) groups is 5. The summed E-state index contributed by atoms with van der Waals surface area (Å²) in [5.41, 5.74) is -0.814. The van der Waals surface area contributed by atoms with E-state index in [0.29, 0.717) is 16.7 Å². The largest absolute Gasteiger partial charge is 0.461 e. The molecule has 10 nitrogen and oxygen atoms in total. The molecule has 0 aromatic rings. The van der Waals surface area contributed by atoms with Gasteiger partial charge in [0.15, 0.2) is 11.9 Å². The van der Waals surface area contributed by atoms with Crippen LogP contribution in [-0.4, -0.2) is 65.3 Å². The summed E-state index contributed by atoms with van der Waals surface area (Å²) in [4.78, 5) is 63.0. The number of fused-ring (bicyclic) bond motifs is 4. The Morgan fingerprint density at radius 1 is 0.868 bits per heavy atom. The van der Waals surface area contributed by atoms with Crippen LogP contribution in [0.2, 0.25) is 0 Å². The van der Waals surface area contributed by atoms with Gasteiger partial charge in [-0.25, -0.2) is 0 Å². The van der Waals surface area contributed by atoms with Gasteiger partial charge in [0.1, 0.15) is 18.3 Å². The van der Waals surface area contributed by atoms with Gasteiger partial charge in [-0.3, -0.25) is 24.0 Å². The van der Waals surface area contributed by atoms with Crippen LogP contribution in [0.1, 0.15) is 74.7 Å². The number of esters is 4. The average molecular weight is 535 g/mol. The van der Waals surface area contributed by atoms with Gasteiger partial charge in [-0.1, -0.05) is 13.8 Å². The molecule has 38 heavy (non-hydrogen) atoms. The Bertz CT molecular complexity index is 1100. The second kappa shape index (κ2) is 10.6. The number of hydrogen-bond donors (Lipinski definition) is 1. The van der Waals surface area contributed by atoms with Crippen molar-refractivity contribution in [2.75, 3.05) is 0 Å². The fraction of sp³-hybridized carbons (Fsp3) is 0.679. The zero-order valence-corrected chi connectivity index (χ0v) is 23.3. The second-order valence-electron chi connectivity index (χ2n) is 11.4. The number of Topliss-reactive ketones (excluding diaryl/α,β-unsaturated/α-hetero) is 1. The van der Waals surface area contributed by atoms with Gasteiger partial charge in [0.2, 0.25) is 0 Å². The molecule has 1 fully saturated rings. The van der Waals surface area contributed by atoms with Gasteiger partial charge >= 0.3 is 23.9 Å². The number of carbonyl (C=O) groups excluding carboxylic acids is 5. The molecule has 0 aliphatic heterocycles. The van der Waals surface area contributed by atoms with E-state index < -0.39 is 76.9 Å². The van der Waals surface area contributed by atoms with Crippen molar-refractivity contribution in [1.29, 1.82) is 0 Å². The third kappa shape index (κ3) is 5.55. The molecule has 1 N–H and O–H groups in total. The molecule has 3 rings (SSSR count). The Kier molecular flexibility index (Phi) is 8.27. The van der Waals surface area contributed by atoms with Crippen molar-refractivity contribution < 1.29 is 48.0 Å². The maximum atomic E-state index is 14.4. The maximum Gasteiger partial charge on any atom is 0.303 e. The van der Waals surface area contributed by atoms with E-state index in [1.54, 1.807) is 19.9 Å². The smallest absolute Gasteiger partial charge is 0.303 e. The highest BCUT2D eigenvalue weighted by atomic mass is 16.6. The molecular weight excluding hydrogens is 496 g/mol. The van der Waals surface area contributed by atoms with Gasteiger partial charge in [-0.2, -0.15) is 0 Å². The third-order valence-electron chi connectivity index (χ3n) is 8.18. The molecule has 0 unspecified atom stereocenters. The molecule has 0 spiro atoms. The van der Waals surface area contributed by atoms with Crippen molar-refractivity contribution in [2.45, 2.75) is 105 Å². The van der Waals surface area contributed by atoms with Gasteiger partial charge in [0.25, 0.3) is 0 Å². The fourth-order valence-corrected chi connectivity index (χ4v) is 6.42. The highest BCUT2D eigenvalue weighted by molar-refractivity contribution is 5.94. The van der Waals surface area contributed by atoms with Crippen LogP contribution in [0.3, 0.4) is 0 Å². The van der Waals surface area contributed by atoms with Gasteiger partial charge in [-0.15, -0.1) is 0 Å². The zero-order chi connectivity index (χ0) is 28.7. The Morgan fingerprint density at radius 3 is 1.95 bits per heavy atom. The molecule has 1 saturated carbocycles. The normalized spacial score (nSPS) is 35.8. The molecule has 4 bridgehead atoms. The first-order chi connectivity index (χ1) is 17.5. The topological polar surface area (TPSA) is 143 Å². The summed E-state index contributed by atoms with van der Waals surface area (Å²) in [7, 11) is 0. The van der Waals surface area contributed by atoms with Crippen LogP contribution in [0.4, 0.5) is 0 Å². The van der Waals surface area contributed by atoms with E-state index in [0.717, 1.165) is 0 Å². The Labute approximate surface area is 222 Å². The van der Waals surface area contributed by atoms with Gasteiger partial charge in [0, 0.05) is 40.0 Å². The number of ketones is 1. The molecular formula is C28H38O10. The number of aliphatic hydroxyl groups is 1. The van der Waals surface area contributed by atoms with Crippen molar-refractivity contribution in [1.82, 2.24) is 0 Å². The van der Waals surface area contributed by atoms with Gasteiger partial charge < -0.3 is 24.1 Å². The van der Waals surface area contributed by atoms with E-state index >= 15 is 0 Å². The highest BCUT2D eigenvalue weighted by Gasteiger charge is 2.58. The summed E-state index contributed by atoms with van der Waals surface area (Å²) in [6.45, 7) is 12.0. The zero-order valence-electron chi connectivity index (χ0n) is 23.3. The molecule has 0 heterocycles. The molecule has 7 atom stereocenters. The predicted octanol–water partition coefficient (Wildman–Crippen LogP) is 2.75. The average Bonchev–Trinajstić information content (AvgIpc) is 2.75. The molecule has 0 aromatic carbocycles.